The summed E-state index contributed by atoms with van der Waals surface area (Å²) >= 11 is 0. The lowest BCUT2D eigenvalue weighted by molar-refractivity contribution is -0.888. The SMILES string of the molecule is C[N+](C)(C)C(C=O)NN. The Balaban J connectivity index is 3.94. The molecule has 0 aliphatic carbocycles. The van der Waals surface area contributed by atoms with E-state index in [2.05, 4.69) is 5.43 Å². The van der Waals surface area contributed by atoms with Gasteiger partial charge in [0.2, 0.25) is 6.17 Å². The molecule has 0 rings (SSSR count). The first kappa shape index (κ1) is 8.55. The molecule has 1 atom stereocenters. The lowest BCUT2D eigenvalue weighted by Gasteiger charge is -2.29. The highest BCUT2D eigenvalue weighted by molar-refractivity contribution is 5.54. The van der Waals surface area contributed by atoms with Gasteiger partial charge in [0.05, 0.1) is 21.1 Å². The third kappa shape index (κ3) is 2.55. The molecule has 0 aromatic carbocycles. The van der Waals surface area contributed by atoms with Crippen molar-refractivity contribution in [3.05, 3.63) is 0 Å². The summed E-state index contributed by atoms with van der Waals surface area (Å²) in [6.07, 6.45) is 0.477. The van der Waals surface area contributed by atoms with Crippen LogP contribution in [0.15, 0.2) is 0 Å². The van der Waals surface area contributed by atoms with E-state index in [0.29, 0.717) is 4.48 Å². The van der Waals surface area contributed by atoms with Gasteiger partial charge in [0, 0.05) is 0 Å². The van der Waals surface area contributed by atoms with Crippen molar-refractivity contribution in [2.24, 2.45) is 5.84 Å². The summed E-state index contributed by atoms with van der Waals surface area (Å²) < 4.78 is 0.500. The summed E-state index contributed by atoms with van der Waals surface area (Å²) in [5.41, 5.74) is 2.40. The Hall–Kier alpha value is -0.450. The third-order valence-electron chi connectivity index (χ3n) is 1.13. The lowest BCUT2D eigenvalue weighted by Crippen LogP contribution is -2.56. The molecule has 0 fully saturated rings. The van der Waals surface area contributed by atoms with E-state index in [1.54, 1.807) is 0 Å². The summed E-state index contributed by atoms with van der Waals surface area (Å²) in [5, 5.41) is 0. The molecule has 0 aliphatic heterocycles. The van der Waals surface area contributed by atoms with E-state index in [1.807, 2.05) is 21.1 Å². The minimum absolute atomic E-state index is 0.315. The number of carbonyl (C=O) groups excluding carboxylic acids is 1. The second kappa shape index (κ2) is 2.91. The number of likely N-dealkylation sites (N-methyl/N-ethyl adjacent to an activating group) is 1. The maximum atomic E-state index is 10.2. The van der Waals surface area contributed by atoms with Gasteiger partial charge in [-0.15, -0.1) is 0 Å². The molecule has 9 heavy (non-hydrogen) atoms. The Labute approximate surface area is 55.2 Å². The van der Waals surface area contributed by atoms with Crippen LogP contribution in [0.1, 0.15) is 0 Å². The fraction of sp³-hybridized carbons (Fsp3) is 0.800. The number of nitrogens with zero attached hydrogens (tertiary/aromatic N) is 1. The Morgan fingerprint density at radius 1 is 1.56 bits per heavy atom. The Morgan fingerprint density at radius 3 is 2.00 bits per heavy atom. The number of hydrogen-bond acceptors (Lipinski definition) is 3. The molecule has 0 aromatic rings. The molecular formula is C5H14N3O+. The molecule has 54 valence electrons. The van der Waals surface area contributed by atoms with Crippen LogP contribution < -0.4 is 11.3 Å². The van der Waals surface area contributed by atoms with E-state index in [4.69, 9.17) is 5.84 Å². The van der Waals surface area contributed by atoms with Gasteiger partial charge < -0.3 is 4.48 Å². The standard InChI is InChI=1S/C5H14N3O/c1-8(2,3)5(4-9)7-6/h4-5,7H,6H2,1-3H3/q+1. The van der Waals surface area contributed by atoms with E-state index >= 15 is 0 Å². The molecule has 0 spiro atoms. The van der Waals surface area contributed by atoms with Crippen molar-refractivity contribution in [2.45, 2.75) is 6.17 Å². The quantitative estimate of drug-likeness (QED) is 0.165. The summed E-state index contributed by atoms with van der Waals surface area (Å²) in [5.74, 6) is 5.07. The van der Waals surface area contributed by atoms with Crippen molar-refractivity contribution in [1.82, 2.24) is 5.43 Å². The van der Waals surface area contributed by atoms with E-state index in [1.165, 1.54) is 0 Å². The summed E-state index contributed by atoms with van der Waals surface area (Å²) in [6, 6.07) is 0. The van der Waals surface area contributed by atoms with E-state index in [-0.39, 0.29) is 6.17 Å². The second-order valence-electron chi connectivity index (χ2n) is 2.86. The molecule has 0 saturated heterocycles. The number of hydrazine groups is 1. The fourth-order valence-electron chi connectivity index (χ4n) is 0.445. The van der Waals surface area contributed by atoms with Gasteiger partial charge in [-0.2, -0.15) is 0 Å². The second-order valence-corrected chi connectivity index (χ2v) is 2.86. The molecule has 0 amide bonds. The van der Waals surface area contributed by atoms with E-state index in [0.717, 1.165) is 6.29 Å². The maximum absolute atomic E-state index is 10.2. The van der Waals surface area contributed by atoms with Crippen LogP contribution in [0.5, 0.6) is 0 Å². The number of hydrogen-bond donors (Lipinski definition) is 2. The van der Waals surface area contributed by atoms with Gasteiger partial charge in [0.1, 0.15) is 0 Å². The normalized spacial score (nSPS) is 15.1. The molecule has 4 nitrogen and oxygen atoms in total. The largest absolute Gasteiger partial charge is 0.309 e. The average molecular weight is 132 g/mol. The topological polar surface area (TPSA) is 55.1 Å². The van der Waals surface area contributed by atoms with Crippen molar-refractivity contribution >= 4 is 6.29 Å². The molecular weight excluding hydrogens is 118 g/mol. The number of quaternary nitrogens is 1. The van der Waals surface area contributed by atoms with Gasteiger partial charge in [0.15, 0.2) is 6.29 Å². The number of nitrogens with two attached hydrogens (primary N) is 1. The van der Waals surface area contributed by atoms with Crippen LogP contribution in [0, 0.1) is 0 Å². The maximum Gasteiger partial charge on any atom is 0.211 e. The van der Waals surface area contributed by atoms with Crippen molar-refractivity contribution in [2.75, 3.05) is 21.1 Å². The molecule has 0 aromatic heterocycles. The zero-order valence-corrected chi connectivity index (χ0v) is 6.09. The average Bonchev–Trinajstić information content (AvgIpc) is 1.65. The predicted octanol–water partition coefficient (Wildman–Crippen LogP) is -1.32. The zero-order chi connectivity index (χ0) is 7.49. The van der Waals surface area contributed by atoms with Gasteiger partial charge in [-0.05, 0) is 0 Å². The number of nitrogens with one attached hydrogen (secondary N) is 1. The smallest absolute Gasteiger partial charge is 0.211 e. The van der Waals surface area contributed by atoms with E-state index in [9.17, 15) is 4.79 Å². The molecule has 0 heterocycles. The molecule has 1 unspecified atom stereocenters. The molecule has 0 radical (unpaired) electrons. The van der Waals surface area contributed by atoms with Gasteiger partial charge >= 0.3 is 0 Å². The number of aldehydes is 1. The Kier molecular flexibility index (Phi) is 2.76. The van der Waals surface area contributed by atoms with Crippen molar-refractivity contribution in [1.29, 1.82) is 0 Å². The first-order valence-electron chi connectivity index (χ1n) is 2.75. The van der Waals surface area contributed by atoms with Crippen LogP contribution in [0.25, 0.3) is 0 Å². The van der Waals surface area contributed by atoms with Gasteiger partial charge in [-0.1, -0.05) is 0 Å². The summed E-state index contributed by atoms with van der Waals surface area (Å²) in [6.45, 7) is 0. The Bertz CT molecular complexity index is 96.9. The molecule has 3 N–H and O–H groups in total. The monoisotopic (exact) mass is 132 g/mol. The lowest BCUT2D eigenvalue weighted by atomic mass is 10.4. The molecule has 0 bridgehead atoms. The number of rotatable bonds is 3. The van der Waals surface area contributed by atoms with Crippen LogP contribution in [-0.4, -0.2) is 38.1 Å². The van der Waals surface area contributed by atoms with Crippen LogP contribution in [0.2, 0.25) is 0 Å². The van der Waals surface area contributed by atoms with Crippen molar-refractivity contribution < 1.29 is 9.28 Å². The first-order valence-corrected chi connectivity index (χ1v) is 2.75. The summed E-state index contributed by atoms with van der Waals surface area (Å²) in [7, 11) is 5.66. The highest BCUT2D eigenvalue weighted by atomic mass is 16.1. The molecule has 0 saturated carbocycles. The van der Waals surface area contributed by atoms with Gasteiger partial charge in [-0.25, -0.2) is 5.43 Å². The van der Waals surface area contributed by atoms with Crippen molar-refractivity contribution in [3.63, 3.8) is 0 Å². The number of carbonyl (C=O) groups is 1. The van der Waals surface area contributed by atoms with Crippen LogP contribution in [0.4, 0.5) is 0 Å². The first-order chi connectivity index (χ1) is 4.02. The zero-order valence-electron chi connectivity index (χ0n) is 6.09. The minimum Gasteiger partial charge on any atom is -0.309 e. The third-order valence-corrected chi connectivity index (χ3v) is 1.13. The molecule has 4 heteroatoms. The van der Waals surface area contributed by atoms with Crippen LogP contribution >= 0.6 is 0 Å². The van der Waals surface area contributed by atoms with Crippen LogP contribution in [0.3, 0.4) is 0 Å². The highest BCUT2D eigenvalue weighted by Crippen LogP contribution is 1.92. The molecule has 0 aliphatic rings. The van der Waals surface area contributed by atoms with Gasteiger partial charge in [-0.3, -0.25) is 10.6 Å². The summed E-state index contributed by atoms with van der Waals surface area (Å²) in [4.78, 5) is 10.2. The Morgan fingerprint density at radius 2 is 2.00 bits per heavy atom. The van der Waals surface area contributed by atoms with Crippen LogP contribution in [-0.2, 0) is 4.79 Å². The predicted molar refractivity (Wildman–Crippen MR) is 35.2 cm³/mol. The highest BCUT2D eigenvalue weighted by Gasteiger charge is 2.20. The fourth-order valence-corrected chi connectivity index (χ4v) is 0.445. The minimum atomic E-state index is -0.315. The van der Waals surface area contributed by atoms with E-state index < -0.39 is 0 Å². The van der Waals surface area contributed by atoms with Gasteiger partial charge in [0.25, 0.3) is 0 Å². The van der Waals surface area contributed by atoms with Crippen molar-refractivity contribution in [3.8, 4) is 0 Å².